The molecule has 1 aliphatic carbocycles. The van der Waals surface area contributed by atoms with Crippen molar-refractivity contribution in [3.8, 4) is 11.5 Å². The lowest BCUT2D eigenvalue weighted by Crippen LogP contribution is -2.33. The topological polar surface area (TPSA) is 68.3 Å². The van der Waals surface area contributed by atoms with Crippen LogP contribution in [0.5, 0.6) is 11.5 Å². The number of rotatable bonds is 5. The molecule has 154 valence electrons. The van der Waals surface area contributed by atoms with Gasteiger partial charge in [-0.05, 0) is 61.2 Å². The molecule has 1 unspecified atom stereocenters. The summed E-state index contributed by atoms with van der Waals surface area (Å²) in [5.74, 6) is 1.67. The lowest BCUT2D eigenvalue weighted by Gasteiger charge is -2.24. The third-order valence-electron chi connectivity index (χ3n) is 6.06. The van der Waals surface area contributed by atoms with Crippen LogP contribution in [-0.4, -0.2) is 29.7 Å². The first-order valence-corrected chi connectivity index (χ1v) is 10.3. The summed E-state index contributed by atoms with van der Waals surface area (Å²) >= 11 is 0. The Hall–Kier alpha value is -3.41. The summed E-state index contributed by atoms with van der Waals surface area (Å²) in [6.07, 6.45) is 4.93. The van der Waals surface area contributed by atoms with Crippen LogP contribution in [0.1, 0.15) is 30.1 Å². The maximum atomic E-state index is 12.9. The molecule has 0 aliphatic heterocycles. The number of H-pyrrole nitrogens is 1. The second-order valence-electron chi connectivity index (χ2n) is 7.78. The number of carbonyl (C=O) groups excluding carboxylic acids is 1. The number of hydrogen-bond acceptors (Lipinski definition) is 3. The molecule has 1 amide bonds. The van der Waals surface area contributed by atoms with E-state index in [1.807, 2.05) is 47.2 Å². The van der Waals surface area contributed by atoms with Crippen LogP contribution < -0.4 is 14.8 Å². The van der Waals surface area contributed by atoms with Crippen LogP contribution in [0.25, 0.3) is 21.8 Å². The Balaban J connectivity index is 1.39. The number of aromatic amines is 1. The van der Waals surface area contributed by atoms with E-state index in [1.165, 1.54) is 10.9 Å². The second kappa shape index (κ2) is 7.44. The summed E-state index contributed by atoms with van der Waals surface area (Å²) in [5, 5.41) is 5.44. The zero-order valence-corrected chi connectivity index (χ0v) is 17.2. The number of amides is 1. The van der Waals surface area contributed by atoms with Gasteiger partial charge in [0.15, 0.2) is 0 Å². The highest BCUT2D eigenvalue weighted by Gasteiger charge is 2.26. The molecule has 2 heterocycles. The van der Waals surface area contributed by atoms with Crippen LogP contribution in [0.2, 0.25) is 0 Å². The molecule has 6 heteroatoms. The van der Waals surface area contributed by atoms with Gasteiger partial charge >= 0.3 is 0 Å². The molecule has 5 rings (SSSR count). The third-order valence-corrected chi connectivity index (χ3v) is 6.06. The molecule has 0 radical (unpaired) electrons. The van der Waals surface area contributed by atoms with E-state index in [0.29, 0.717) is 0 Å². The van der Waals surface area contributed by atoms with Gasteiger partial charge in [-0.25, -0.2) is 0 Å². The van der Waals surface area contributed by atoms with Gasteiger partial charge in [0.2, 0.25) is 5.91 Å². The normalized spacial score (nSPS) is 15.9. The fourth-order valence-electron chi connectivity index (χ4n) is 4.62. The van der Waals surface area contributed by atoms with Crippen molar-refractivity contribution in [1.82, 2.24) is 14.9 Å². The number of aryl methyl sites for hydroxylation is 1. The number of benzene rings is 2. The van der Waals surface area contributed by atoms with Gasteiger partial charge < -0.3 is 24.3 Å². The van der Waals surface area contributed by atoms with Gasteiger partial charge in [-0.15, -0.1) is 0 Å². The first-order chi connectivity index (χ1) is 14.7. The summed E-state index contributed by atoms with van der Waals surface area (Å²) in [6, 6.07) is 14.0. The van der Waals surface area contributed by atoms with Crippen LogP contribution >= 0.6 is 0 Å². The molecular weight excluding hydrogens is 378 g/mol. The predicted octanol–water partition coefficient (Wildman–Crippen LogP) is 4.33. The Bertz CT molecular complexity index is 1240. The quantitative estimate of drug-likeness (QED) is 0.521. The molecule has 2 N–H and O–H groups in total. The fraction of sp³-hybridized carbons (Fsp3) is 0.292. The van der Waals surface area contributed by atoms with E-state index in [1.54, 1.807) is 14.2 Å². The Kier molecular flexibility index (Phi) is 4.62. The summed E-state index contributed by atoms with van der Waals surface area (Å²) in [5.41, 5.74) is 4.49. The largest absolute Gasteiger partial charge is 0.497 e. The molecule has 2 aromatic heterocycles. The smallest absolute Gasteiger partial charge is 0.240 e. The van der Waals surface area contributed by atoms with Gasteiger partial charge in [-0.3, -0.25) is 4.79 Å². The molecule has 4 aromatic rings. The lowest BCUT2D eigenvalue weighted by atomic mass is 9.91. The standard InChI is InChI=1S/C24H25N3O3/c1-29-15-9-10-19-18(13-15)16-5-3-6-20(24(16)26-19)25-23(28)14-27-12-11-17-21(27)7-4-8-22(17)30-2/h4,7-13,20,26H,3,5-6,14H2,1-2H3,(H,25,28). The highest BCUT2D eigenvalue weighted by atomic mass is 16.5. The van der Waals surface area contributed by atoms with Crippen molar-refractivity contribution in [2.75, 3.05) is 14.2 Å². The molecule has 30 heavy (non-hydrogen) atoms. The van der Waals surface area contributed by atoms with Crippen LogP contribution in [0.15, 0.2) is 48.7 Å². The number of carbonyl (C=O) groups is 1. The van der Waals surface area contributed by atoms with Crippen molar-refractivity contribution in [3.05, 3.63) is 59.9 Å². The molecule has 0 bridgehead atoms. The van der Waals surface area contributed by atoms with E-state index in [2.05, 4.69) is 16.4 Å². The molecule has 0 spiro atoms. The first-order valence-electron chi connectivity index (χ1n) is 10.3. The van der Waals surface area contributed by atoms with Crippen molar-refractivity contribution >= 4 is 27.7 Å². The van der Waals surface area contributed by atoms with Crippen molar-refractivity contribution < 1.29 is 14.3 Å². The zero-order valence-electron chi connectivity index (χ0n) is 17.2. The van der Waals surface area contributed by atoms with Gasteiger partial charge in [0.25, 0.3) is 0 Å². The summed E-state index contributed by atoms with van der Waals surface area (Å²) in [7, 11) is 3.35. The average Bonchev–Trinajstić information content (AvgIpc) is 3.35. The molecule has 1 atom stereocenters. The van der Waals surface area contributed by atoms with Crippen LogP contribution in [0, 0.1) is 0 Å². The summed E-state index contributed by atoms with van der Waals surface area (Å²) < 4.78 is 12.8. The molecular formula is C24H25N3O3. The van der Waals surface area contributed by atoms with E-state index in [9.17, 15) is 4.79 Å². The van der Waals surface area contributed by atoms with Gasteiger partial charge in [0.05, 0.1) is 25.8 Å². The number of methoxy groups -OCH3 is 2. The van der Waals surface area contributed by atoms with E-state index in [-0.39, 0.29) is 18.5 Å². The second-order valence-corrected chi connectivity index (χ2v) is 7.78. The van der Waals surface area contributed by atoms with Gasteiger partial charge in [-0.1, -0.05) is 6.07 Å². The monoisotopic (exact) mass is 403 g/mol. The van der Waals surface area contributed by atoms with E-state index >= 15 is 0 Å². The fourth-order valence-corrected chi connectivity index (χ4v) is 4.62. The maximum absolute atomic E-state index is 12.9. The number of aromatic nitrogens is 2. The maximum Gasteiger partial charge on any atom is 0.240 e. The Morgan fingerprint density at radius 2 is 2.07 bits per heavy atom. The Morgan fingerprint density at radius 3 is 2.90 bits per heavy atom. The first kappa shape index (κ1) is 18.6. The SMILES string of the molecule is COc1ccc2[nH]c3c(c2c1)CCCC3NC(=O)Cn1ccc2c(OC)cccc21. The van der Waals surface area contributed by atoms with E-state index < -0.39 is 0 Å². The van der Waals surface area contributed by atoms with Crippen molar-refractivity contribution in [2.24, 2.45) is 0 Å². The molecule has 0 saturated heterocycles. The van der Waals surface area contributed by atoms with Gasteiger partial charge in [0, 0.05) is 28.2 Å². The minimum atomic E-state index is -0.00370. The minimum absolute atomic E-state index is 0.00370. The van der Waals surface area contributed by atoms with Crippen molar-refractivity contribution in [3.63, 3.8) is 0 Å². The van der Waals surface area contributed by atoms with Gasteiger partial charge in [-0.2, -0.15) is 0 Å². The summed E-state index contributed by atoms with van der Waals surface area (Å²) in [6.45, 7) is 0.274. The van der Waals surface area contributed by atoms with E-state index in [0.717, 1.165) is 52.9 Å². The number of ether oxygens (including phenoxy) is 2. The van der Waals surface area contributed by atoms with Crippen LogP contribution in [0.4, 0.5) is 0 Å². The van der Waals surface area contributed by atoms with Crippen LogP contribution in [0.3, 0.4) is 0 Å². The summed E-state index contributed by atoms with van der Waals surface area (Å²) in [4.78, 5) is 16.4. The Morgan fingerprint density at radius 1 is 1.17 bits per heavy atom. The van der Waals surface area contributed by atoms with Crippen molar-refractivity contribution in [1.29, 1.82) is 0 Å². The molecule has 0 fully saturated rings. The van der Waals surface area contributed by atoms with Gasteiger partial charge in [0.1, 0.15) is 18.0 Å². The number of nitrogens with zero attached hydrogens (tertiary/aromatic N) is 1. The third kappa shape index (κ3) is 3.09. The van der Waals surface area contributed by atoms with Crippen molar-refractivity contribution in [2.45, 2.75) is 31.8 Å². The molecule has 2 aromatic carbocycles. The predicted molar refractivity (Wildman–Crippen MR) is 117 cm³/mol. The highest BCUT2D eigenvalue weighted by molar-refractivity contribution is 5.89. The lowest BCUT2D eigenvalue weighted by molar-refractivity contribution is -0.122. The Labute approximate surface area is 174 Å². The molecule has 0 saturated carbocycles. The average molecular weight is 403 g/mol. The van der Waals surface area contributed by atoms with E-state index in [4.69, 9.17) is 9.47 Å². The van der Waals surface area contributed by atoms with Crippen LogP contribution in [-0.2, 0) is 17.8 Å². The minimum Gasteiger partial charge on any atom is -0.497 e. The molecule has 6 nitrogen and oxygen atoms in total. The highest BCUT2D eigenvalue weighted by Crippen LogP contribution is 2.36. The number of fused-ring (bicyclic) bond motifs is 4. The number of nitrogens with one attached hydrogen (secondary N) is 2. The number of hydrogen-bond donors (Lipinski definition) is 2. The zero-order chi connectivity index (χ0) is 20.7. The molecule has 1 aliphatic rings.